The van der Waals surface area contributed by atoms with E-state index in [9.17, 15) is 14.4 Å². The number of hydrogen-bond donors (Lipinski definition) is 1. The van der Waals surface area contributed by atoms with Gasteiger partial charge in [0.1, 0.15) is 6.54 Å². The van der Waals surface area contributed by atoms with Gasteiger partial charge in [0.05, 0.1) is 7.11 Å². The standard InChI is InChI=1S/C10H15NO5/c1-7(2)11(6-9(13)14)8(12)4-5-10(15)16-3/h4-5,7H,6H2,1-3H3,(H,13,14)/b5-4+. The van der Waals surface area contributed by atoms with E-state index in [2.05, 4.69) is 4.74 Å². The van der Waals surface area contributed by atoms with Crippen LogP contribution in [0.25, 0.3) is 0 Å². The van der Waals surface area contributed by atoms with Crippen LogP contribution >= 0.6 is 0 Å². The summed E-state index contributed by atoms with van der Waals surface area (Å²) < 4.78 is 4.31. The summed E-state index contributed by atoms with van der Waals surface area (Å²) in [6.45, 7) is 2.97. The summed E-state index contributed by atoms with van der Waals surface area (Å²) in [5, 5.41) is 8.60. The van der Waals surface area contributed by atoms with Crippen molar-refractivity contribution in [1.82, 2.24) is 4.90 Å². The smallest absolute Gasteiger partial charge is 0.330 e. The van der Waals surface area contributed by atoms with E-state index >= 15 is 0 Å². The molecule has 16 heavy (non-hydrogen) atoms. The normalized spacial score (nSPS) is 10.5. The molecule has 6 heteroatoms. The quantitative estimate of drug-likeness (QED) is 0.531. The fourth-order valence-electron chi connectivity index (χ4n) is 0.964. The van der Waals surface area contributed by atoms with Crippen molar-refractivity contribution in [2.45, 2.75) is 19.9 Å². The van der Waals surface area contributed by atoms with E-state index in [1.54, 1.807) is 13.8 Å². The Morgan fingerprint density at radius 1 is 1.31 bits per heavy atom. The number of carboxylic acids is 1. The summed E-state index contributed by atoms with van der Waals surface area (Å²) in [4.78, 5) is 33.9. The topological polar surface area (TPSA) is 83.9 Å². The molecule has 0 aliphatic heterocycles. The molecule has 0 saturated heterocycles. The molecular formula is C10H15NO5. The lowest BCUT2D eigenvalue weighted by Crippen LogP contribution is -2.39. The second-order valence-electron chi connectivity index (χ2n) is 3.31. The van der Waals surface area contributed by atoms with E-state index in [1.165, 1.54) is 7.11 Å². The second kappa shape index (κ2) is 6.60. The monoisotopic (exact) mass is 229 g/mol. The van der Waals surface area contributed by atoms with Crippen molar-refractivity contribution in [3.63, 3.8) is 0 Å². The Kier molecular flexibility index (Phi) is 5.84. The molecule has 90 valence electrons. The number of hydrogen-bond acceptors (Lipinski definition) is 4. The van der Waals surface area contributed by atoms with E-state index in [-0.39, 0.29) is 6.04 Å². The zero-order valence-electron chi connectivity index (χ0n) is 9.47. The average Bonchev–Trinajstić information content (AvgIpc) is 2.21. The number of ether oxygens (including phenoxy) is 1. The lowest BCUT2D eigenvalue weighted by atomic mass is 10.3. The summed E-state index contributed by atoms with van der Waals surface area (Å²) in [5.41, 5.74) is 0. The number of esters is 1. The van der Waals surface area contributed by atoms with Crippen molar-refractivity contribution in [3.05, 3.63) is 12.2 Å². The van der Waals surface area contributed by atoms with Crippen LogP contribution in [0, 0.1) is 0 Å². The largest absolute Gasteiger partial charge is 0.480 e. The highest BCUT2D eigenvalue weighted by atomic mass is 16.5. The molecule has 1 N–H and O–H groups in total. The van der Waals surface area contributed by atoms with Gasteiger partial charge in [-0.25, -0.2) is 4.79 Å². The molecule has 6 nitrogen and oxygen atoms in total. The van der Waals surface area contributed by atoms with Crippen molar-refractivity contribution in [3.8, 4) is 0 Å². The van der Waals surface area contributed by atoms with Gasteiger partial charge in [0, 0.05) is 18.2 Å². The van der Waals surface area contributed by atoms with Gasteiger partial charge in [0.25, 0.3) is 0 Å². The van der Waals surface area contributed by atoms with Crippen LogP contribution in [0.3, 0.4) is 0 Å². The first-order valence-corrected chi connectivity index (χ1v) is 4.67. The summed E-state index contributed by atoms with van der Waals surface area (Å²) in [7, 11) is 1.19. The average molecular weight is 229 g/mol. The van der Waals surface area contributed by atoms with E-state index in [0.29, 0.717) is 0 Å². The van der Waals surface area contributed by atoms with Crippen LogP contribution in [0.4, 0.5) is 0 Å². The molecule has 0 unspecified atom stereocenters. The van der Waals surface area contributed by atoms with Crippen LogP contribution in [0.2, 0.25) is 0 Å². The van der Waals surface area contributed by atoms with Crippen molar-refractivity contribution < 1.29 is 24.2 Å². The van der Waals surface area contributed by atoms with Crippen LogP contribution in [0.1, 0.15) is 13.8 Å². The first-order valence-electron chi connectivity index (χ1n) is 4.67. The zero-order chi connectivity index (χ0) is 12.7. The van der Waals surface area contributed by atoms with E-state index in [4.69, 9.17) is 5.11 Å². The van der Waals surface area contributed by atoms with Gasteiger partial charge in [0.15, 0.2) is 0 Å². The fraction of sp³-hybridized carbons (Fsp3) is 0.500. The maximum Gasteiger partial charge on any atom is 0.330 e. The van der Waals surface area contributed by atoms with Gasteiger partial charge < -0.3 is 14.7 Å². The Balaban J connectivity index is 4.56. The van der Waals surface area contributed by atoms with Gasteiger partial charge in [-0.3, -0.25) is 9.59 Å². The lowest BCUT2D eigenvalue weighted by molar-refractivity contribution is -0.143. The fourth-order valence-corrected chi connectivity index (χ4v) is 0.964. The minimum atomic E-state index is -1.10. The Labute approximate surface area is 93.5 Å². The van der Waals surface area contributed by atoms with Gasteiger partial charge in [-0.05, 0) is 13.8 Å². The number of carbonyl (C=O) groups excluding carboxylic acids is 2. The Bertz CT molecular complexity index is 308. The highest BCUT2D eigenvalue weighted by Gasteiger charge is 2.17. The number of rotatable bonds is 5. The Morgan fingerprint density at radius 3 is 2.25 bits per heavy atom. The molecule has 0 aliphatic carbocycles. The van der Waals surface area contributed by atoms with Crippen LogP contribution in [0.15, 0.2) is 12.2 Å². The van der Waals surface area contributed by atoms with Crippen molar-refractivity contribution in [2.75, 3.05) is 13.7 Å². The van der Waals surface area contributed by atoms with Crippen LogP contribution in [-0.4, -0.2) is 47.5 Å². The molecule has 0 aromatic carbocycles. The van der Waals surface area contributed by atoms with Crippen molar-refractivity contribution in [1.29, 1.82) is 0 Å². The summed E-state index contributed by atoms with van der Waals surface area (Å²) in [6, 6.07) is -0.258. The number of amides is 1. The number of nitrogens with zero attached hydrogens (tertiary/aromatic N) is 1. The third kappa shape index (κ3) is 5.14. The Hall–Kier alpha value is -1.85. The van der Waals surface area contributed by atoms with Gasteiger partial charge in [-0.2, -0.15) is 0 Å². The summed E-state index contributed by atoms with van der Waals surface area (Å²) >= 11 is 0. The van der Waals surface area contributed by atoms with Gasteiger partial charge in [-0.15, -0.1) is 0 Å². The molecule has 0 heterocycles. The predicted octanol–water partition coefficient (Wildman–Crippen LogP) is 0.0372. The molecule has 0 atom stereocenters. The van der Waals surface area contributed by atoms with Crippen molar-refractivity contribution in [2.24, 2.45) is 0 Å². The molecule has 0 bridgehead atoms. The summed E-state index contributed by atoms with van der Waals surface area (Å²) in [6.07, 6.45) is 1.95. The minimum absolute atomic E-state index is 0.258. The molecule has 0 aromatic rings. The molecule has 0 rings (SSSR count). The van der Waals surface area contributed by atoms with Gasteiger partial charge in [-0.1, -0.05) is 0 Å². The SMILES string of the molecule is COC(=O)/C=C/C(=O)N(CC(=O)O)C(C)C. The Morgan fingerprint density at radius 2 is 1.88 bits per heavy atom. The van der Waals surface area contributed by atoms with Crippen LogP contribution < -0.4 is 0 Å². The van der Waals surface area contributed by atoms with Crippen molar-refractivity contribution >= 4 is 17.8 Å². The molecule has 0 aromatic heterocycles. The molecule has 0 spiro atoms. The first kappa shape index (κ1) is 14.2. The van der Waals surface area contributed by atoms with E-state index < -0.39 is 24.4 Å². The summed E-state index contributed by atoms with van der Waals surface area (Å²) in [5.74, 6) is -2.30. The number of carboxylic acid groups (broad SMARTS) is 1. The molecule has 1 amide bonds. The third-order valence-corrected chi connectivity index (χ3v) is 1.78. The van der Waals surface area contributed by atoms with E-state index in [0.717, 1.165) is 17.1 Å². The highest BCUT2D eigenvalue weighted by Crippen LogP contribution is 2.00. The maximum atomic E-state index is 11.5. The first-order chi connectivity index (χ1) is 7.38. The molecular weight excluding hydrogens is 214 g/mol. The molecule has 0 radical (unpaired) electrons. The predicted molar refractivity (Wildman–Crippen MR) is 55.6 cm³/mol. The number of methoxy groups -OCH3 is 1. The molecule has 0 fully saturated rings. The lowest BCUT2D eigenvalue weighted by Gasteiger charge is -2.23. The second-order valence-corrected chi connectivity index (χ2v) is 3.31. The van der Waals surface area contributed by atoms with Gasteiger partial charge in [0.2, 0.25) is 5.91 Å². The zero-order valence-corrected chi connectivity index (χ0v) is 9.47. The van der Waals surface area contributed by atoms with E-state index in [1.807, 2.05) is 0 Å². The minimum Gasteiger partial charge on any atom is -0.480 e. The highest BCUT2D eigenvalue weighted by molar-refractivity contribution is 5.95. The van der Waals surface area contributed by atoms with Crippen LogP contribution in [-0.2, 0) is 19.1 Å². The maximum absolute atomic E-state index is 11.5. The van der Waals surface area contributed by atoms with Crippen LogP contribution in [0.5, 0.6) is 0 Å². The molecule has 0 saturated carbocycles. The number of aliphatic carboxylic acids is 1. The number of carbonyl (C=O) groups is 3. The third-order valence-electron chi connectivity index (χ3n) is 1.78. The van der Waals surface area contributed by atoms with Gasteiger partial charge >= 0.3 is 11.9 Å². The molecule has 0 aliphatic rings.